The van der Waals surface area contributed by atoms with E-state index in [1.54, 1.807) is 24.3 Å². The standard InChI is InChI=1S/C14H16ClNO2/c15-10-3-1-2-9(6-10)14(18)16-11-4-5-12(16)8-13(17)7-11/h1-3,6,11-13,17H,4-5,7-8H2. The Balaban J connectivity index is 1.85. The first-order valence-electron chi connectivity index (χ1n) is 6.41. The minimum atomic E-state index is -0.245. The Labute approximate surface area is 111 Å². The molecule has 3 nitrogen and oxygen atoms in total. The van der Waals surface area contributed by atoms with Crippen LogP contribution in [0.1, 0.15) is 36.0 Å². The minimum Gasteiger partial charge on any atom is -0.393 e. The highest BCUT2D eigenvalue weighted by Crippen LogP contribution is 2.36. The van der Waals surface area contributed by atoms with Crippen molar-refractivity contribution in [1.29, 1.82) is 0 Å². The number of carbonyl (C=O) groups is 1. The third-order valence-electron chi connectivity index (χ3n) is 4.01. The van der Waals surface area contributed by atoms with E-state index in [1.807, 2.05) is 4.90 Å². The van der Waals surface area contributed by atoms with Gasteiger partial charge < -0.3 is 10.0 Å². The lowest BCUT2D eigenvalue weighted by Crippen LogP contribution is -2.47. The van der Waals surface area contributed by atoms with Crippen molar-refractivity contribution in [2.24, 2.45) is 0 Å². The van der Waals surface area contributed by atoms with Gasteiger partial charge in [-0.2, -0.15) is 0 Å². The summed E-state index contributed by atoms with van der Waals surface area (Å²) in [7, 11) is 0. The van der Waals surface area contributed by atoms with Gasteiger partial charge in [0.2, 0.25) is 0 Å². The number of hydrogen-bond donors (Lipinski definition) is 1. The molecule has 2 aliphatic rings. The average Bonchev–Trinajstić information content (AvgIpc) is 2.61. The number of nitrogens with zero attached hydrogens (tertiary/aromatic N) is 1. The highest BCUT2D eigenvalue weighted by Gasteiger charge is 2.42. The topological polar surface area (TPSA) is 40.5 Å². The van der Waals surface area contributed by atoms with Crippen LogP contribution in [0.15, 0.2) is 24.3 Å². The van der Waals surface area contributed by atoms with Gasteiger partial charge in [0.15, 0.2) is 0 Å². The fraction of sp³-hybridized carbons (Fsp3) is 0.500. The molecule has 2 aliphatic heterocycles. The molecule has 0 aromatic heterocycles. The second-order valence-electron chi connectivity index (χ2n) is 5.23. The Bertz CT molecular complexity index is 463. The zero-order valence-corrected chi connectivity index (χ0v) is 10.8. The lowest BCUT2D eigenvalue weighted by Gasteiger charge is -2.37. The summed E-state index contributed by atoms with van der Waals surface area (Å²) < 4.78 is 0. The third kappa shape index (κ3) is 2.02. The highest BCUT2D eigenvalue weighted by atomic mass is 35.5. The van der Waals surface area contributed by atoms with Gasteiger partial charge in [0.05, 0.1) is 6.10 Å². The summed E-state index contributed by atoms with van der Waals surface area (Å²) in [6.07, 6.45) is 3.19. The number of rotatable bonds is 1. The molecule has 4 heteroatoms. The van der Waals surface area contributed by atoms with Gasteiger partial charge in [-0.1, -0.05) is 17.7 Å². The number of halogens is 1. The predicted molar refractivity (Wildman–Crippen MR) is 69.7 cm³/mol. The Morgan fingerprint density at radius 1 is 1.28 bits per heavy atom. The second kappa shape index (κ2) is 4.56. The normalized spacial score (nSPS) is 30.6. The zero-order chi connectivity index (χ0) is 12.7. The van der Waals surface area contributed by atoms with E-state index in [4.69, 9.17) is 11.6 Å². The van der Waals surface area contributed by atoms with E-state index in [-0.39, 0.29) is 24.1 Å². The van der Waals surface area contributed by atoms with Crippen LogP contribution in [0.4, 0.5) is 0 Å². The summed E-state index contributed by atoms with van der Waals surface area (Å²) in [5.41, 5.74) is 0.649. The molecule has 2 fully saturated rings. The average molecular weight is 266 g/mol. The van der Waals surface area contributed by atoms with Crippen molar-refractivity contribution in [3.63, 3.8) is 0 Å². The van der Waals surface area contributed by atoms with E-state index >= 15 is 0 Å². The first kappa shape index (κ1) is 12.0. The molecular formula is C14H16ClNO2. The first-order valence-corrected chi connectivity index (χ1v) is 6.79. The fourth-order valence-corrected chi connectivity index (χ4v) is 3.44. The van der Waals surface area contributed by atoms with Gasteiger partial charge in [0, 0.05) is 22.7 Å². The van der Waals surface area contributed by atoms with E-state index in [0.29, 0.717) is 23.4 Å². The number of aliphatic hydroxyl groups is 1. The lowest BCUT2D eigenvalue weighted by molar-refractivity contribution is 0.0287. The van der Waals surface area contributed by atoms with Crippen molar-refractivity contribution in [1.82, 2.24) is 4.90 Å². The van der Waals surface area contributed by atoms with Gasteiger partial charge >= 0.3 is 0 Å². The van der Waals surface area contributed by atoms with Crippen LogP contribution in [-0.2, 0) is 0 Å². The summed E-state index contributed by atoms with van der Waals surface area (Å²) in [4.78, 5) is 14.5. The van der Waals surface area contributed by atoms with Gasteiger partial charge in [-0.05, 0) is 43.9 Å². The smallest absolute Gasteiger partial charge is 0.254 e. The molecule has 2 bridgehead atoms. The van der Waals surface area contributed by atoms with Crippen LogP contribution in [0.25, 0.3) is 0 Å². The predicted octanol–water partition coefficient (Wildman–Crippen LogP) is 2.47. The van der Waals surface area contributed by atoms with E-state index in [2.05, 4.69) is 0 Å². The van der Waals surface area contributed by atoms with Crippen molar-refractivity contribution >= 4 is 17.5 Å². The van der Waals surface area contributed by atoms with Crippen LogP contribution in [-0.4, -0.2) is 34.1 Å². The van der Waals surface area contributed by atoms with Crippen molar-refractivity contribution in [3.8, 4) is 0 Å². The zero-order valence-electron chi connectivity index (χ0n) is 10.1. The molecule has 1 aromatic carbocycles. The maximum Gasteiger partial charge on any atom is 0.254 e. The quantitative estimate of drug-likeness (QED) is 0.847. The van der Waals surface area contributed by atoms with Crippen molar-refractivity contribution in [2.45, 2.75) is 43.9 Å². The Morgan fingerprint density at radius 3 is 2.56 bits per heavy atom. The molecule has 2 heterocycles. The van der Waals surface area contributed by atoms with E-state index in [1.165, 1.54) is 0 Å². The molecule has 2 saturated heterocycles. The van der Waals surface area contributed by atoms with Gasteiger partial charge in [-0.3, -0.25) is 4.79 Å². The van der Waals surface area contributed by atoms with Gasteiger partial charge in [0.1, 0.15) is 0 Å². The van der Waals surface area contributed by atoms with Crippen molar-refractivity contribution in [3.05, 3.63) is 34.9 Å². The molecule has 2 unspecified atom stereocenters. The summed E-state index contributed by atoms with van der Waals surface area (Å²) in [5.74, 6) is 0.0527. The Kier molecular flexibility index (Phi) is 3.04. The molecule has 0 saturated carbocycles. The molecule has 0 radical (unpaired) electrons. The molecule has 0 aliphatic carbocycles. The first-order chi connectivity index (χ1) is 8.65. The molecule has 1 N–H and O–H groups in total. The maximum atomic E-state index is 12.5. The van der Waals surface area contributed by atoms with Crippen molar-refractivity contribution in [2.75, 3.05) is 0 Å². The monoisotopic (exact) mass is 265 g/mol. The largest absolute Gasteiger partial charge is 0.393 e. The molecule has 3 rings (SSSR count). The van der Waals surface area contributed by atoms with Gasteiger partial charge in [-0.15, -0.1) is 0 Å². The SMILES string of the molecule is O=C(c1cccc(Cl)c1)N1C2CCC1CC(O)C2. The maximum absolute atomic E-state index is 12.5. The molecule has 96 valence electrons. The fourth-order valence-electron chi connectivity index (χ4n) is 3.25. The number of carbonyl (C=O) groups excluding carboxylic acids is 1. The van der Waals surface area contributed by atoms with Crippen LogP contribution in [0.5, 0.6) is 0 Å². The van der Waals surface area contributed by atoms with Crippen LogP contribution >= 0.6 is 11.6 Å². The molecule has 0 spiro atoms. The summed E-state index contributed by atoms with van der Waals surface area (Å²) in [6.45, 7) is 0. The highest BCUT2D eigenvalue weighted by molar-refractivity contribution is 6.30. The number of hydrogen-bond acceptors (Lipinski definition) is 2. The van der Waals surface area contributed by atoms with Gasteiger partial charge in [0.25, 0.3) is 5.91 Å². The summed E-state index contributed by atoms with van der Waals surface area (Å²) >= 11 is 5.93. The lowest BCUT2D eigenvalue weighted by atomic mass is 9.99. The van der Waals surface area contributed by atoms with E-state index < -0.39 is 0 Å². The molecular weight excluding hydrogens is 250 g/mol. The summed E-state index contributed by atoms with van der Waals surface area (Å²) in [6, 6.07) is 7.49. The number of benzene rings is 1. The second-order valence-corrected chi connectivity index (χ2v) is 5.67. The number of piperidine rings is 1. The molecule has 2 atom stereocenters. The van der Waals surface area contributed by atoms with Gasteiger partial charge in [-0.25, -0.2) is 0 Å². The number of fused-ring (bicyclic) bond motifs is 2. The molecule has 1 amide bonds. The number of amides is 1. The van der Waals surface area contributed by atoms with Crippen LogP contribution in [0.3, 0.4) is 0 Å². The van der Waals surface area contributed by atoms with Crippen LogP contribution in [0, 0.1) is 0 Å². The third-order valence-corrected chi connectivity index (χ3v) is 4.25. The Hall–Kier alpha value is -1.06. The van der Waals surface area contributed by atoms with E-state index in [9.17, 15) is 9.90 Å². The van der Waals surface area contributed by atoms with Crippen LogP contribution < -0.4 is 0 Å². The Morgan fingerprint density at radius 2 is 1.94 bits per heavy atom. The van der Waals surface area contributed by atoms with E-state index in [0.717, 1.165) is 12.8 Å². The van der Waals surface area contributed by atoms with Crippen molar-refractivity contribution < 1.29 is 9.90 Å². The molecule has 18 heavy (non-hydrogen) atoms. The molecule has 1 aromatic rings. The van der Waals surface area contributed by atoms with Crippen LogP contribution in [0.2, 0.25) is 5.02 Å². The summed E-state index contributed by atoms with van der Waals surface area (Å²) in [5, 5.41) is 10.3. The number of aliphatic hydroxyl groups excluding tert-OH is 1. The minimum absolute atomic E-state index is 0.0527.